The number of hydrogen-bond acceptors (Lipinski definition) is 3. The summed E-state index contributed by atoms with van der Waals surface area (Å²) in [6.07, 6.45) is -7.98. The van der Waals surface area contributed by atoms with E-state index in [1.807, 2.05) is 4.90 Å². The Morgan fingerprint density at radius 1 is 0.962 bits per heavy atom. The molecule has 0 aromatic heterocycles. The quantitative estimate of drug-likeness (QED) is 0.664. The fraction of sp³-hybridized carbons (Fsp3) is 0.625. The van der Waals surface area contributed by atoms with Gasteiger partial charge >= 0.3 is 18.7 Å². The summed E-state index contributed by atoms with van der Waals surface area (Å²) in [5.74, 6) is -4.32. The first-order valence-electron chi connectivity index (χ1n) is 8.00. The molecule has 0 unspecified atom stereocenters. The van der Waals surface area contributed by atoms with Crippen molar-refractivity contribution in [1.82, 2.24) is 9.80 Å². The average molecular weight is 388 g/mol. The van der Waals surface area contributed by atoms with Gasteiger partial charge in [0.1, 0.15) is 5.75 Å². The lowest BCUT2D eigenvalue weighted by atomic mass is 10.1. The lowest BCUT2D eigenvalue weighted by molar-refractivity contribution is -0.274. The summed E-state index contributed by atoms with van der Waals surface area (Å²) in [4.78, 5) is 3.24. The second-order valence-electron chi connectivity index (χ2n) is 6.12. The predicted octanol–water partition coefficient (Wildman–Crippen LogP) is 3.65. The van der Waals surface area contributed by atoms with Crippen LogP contribution < -0.4 is 4.74 Å². The molecule has 1 aromatic rings. The van der Waals surface area contributed by atoms with Crippen molar-refractivity contribution in [2.75, 3.05) is 39.3 Å². The molecule has 0 radical (unpaired) electrons. The van der Waals surface area contributed by atoms with Gasteiger partial charge in [0.05, 0.1) is 6.54 Å². The SMILES string of the molecule is FC(F)C(F)(F)CN1CCN(CCc2cccc(OC(F)(F)F)c2)CC1. The maximum absolute atomic E-state index is 13.1. The smallest absolute Gasteiger partial charge is 0.406 e. The standard InChI is InChI=1S/C16H19F7N2O/c17-14(18)15(19,20)11-25-8-6-24(7-9-25)5-4-12-2-1-3-13(10-12)26-16(21,22)23/h1-3,10,14H,4-9,11H2. The minimum Gasteiger partial charge on any atom is -0.406 e. The van der Waals surface area contributed by atoms with E-state index in [1.54, 1.807) is 6.07 Å². The Morgan fingerprint density at radius 3 is 2.15 bits per heavy atom. The molecule has 1 aliphatic rings. The molecule has 0 amide bonds. The monoisotopic (exact) mass is 388 g/mol. The molecule has 1 saturated heterocycles. The van der Waals surface area contributed by atoms with E-state index in [9.17, 15) is 30.7 Å². The molecule has 1 aromatic carbocycles. The van der Waals surface area contributed by atoms with Gasteiger partial charge in [-0.25, -0.2) is 8.78 Å². The first-order chi connectivity index (χ1) is 12.0. The summed E-state index contributed by atoms with van der Waals surface area (Å²) >= 11 is 0. The number of rotatable bonds is 7. The Hall–Kier alpha value is -1.55. The molecule has 1 heterocycles. The van der Waals surface area contributed by atoms with Gasteiger partial charge in [-0.3, -0.25) is 4.90 Å². The highest BCUT2D eigenvalue weighted by Gasteiger charge is 2.42. The van der Waals surface area contributed by atoms with Gasteiger partial charge < -0.3 is 9.64 Å². The first-order valence-corrected chi connectivity index (χ1v) is 8.00. The molecule has 0 saturated carbocycles. The van der Waals surface area contributed by atoms with Gasteiger partial charge in [-0.2, -0.15) is 8.78 Å². The molecule has 0 aliphatic carbocycles. The van der Waals surface area contributed by atoms with E-state index in [-0.39, 0.29) is 18.8 Å². The van der Waals surface area contributed by atoms with Gasteiger partial charge in [-0.15, -0.1) is 13.2 Å². The van der Waals surface area contributed by atoms with E-state index < -0.39 is 25.3 Å². The molecule has 0 bridgehead atoms. The van der Waals surface area contributed by atoms with Crippen LogP contribution in [0.5, 0.6) is 5.75 Å². The van der Waals surface area contributed by atoms with E-state index in [4.69, 9.17) is 0 Å². The molecule has 2 rings (SSSR count). The molecular formula is C16H19F7N2O. The van der Waals surface area contributed by atoms with E-state index in [0.717, 1.165) is 0 Å². The van der Waals surface area contributed by atoms with Crippen LogP contribution in [0, 0.1) is 0 Å². The third kappa shape index (κ3) is 6.64. The summed E-state index contributed by atoms with van der Waals surface area (Å²) in [7, 11) is 0. The number of halogens is 7. The Balaban J connectivity index is 1.77. The second-order valence-corrected chi connectivity index (χ2v) is 6.12. The normalized spacial score (nSPS) is 17.7. The van der Waals surface area contributed by atoms with Crippen LogP contribution in [0.3, 0.4) is 0 Å². The van der Waals surface area contributed by atoms with E-state index in [2.05, 4.69) is 4.74 Å². The molecule has 26 heavy (non-hydrogen) atoms. The van der Waals surface area contributed by atoms with Gasteiger partial charge in [0.2, 0.25) is 0 Å². The number of piperazine rings is 1. The van der Waals surface area contributed by atoms with E-state index in [1.165, 1.54) is 23.1 Å². The molecule has 0 N–H and O–H groups in total. The molecule has 148 valence electrons. The highest BCUT2D eigenvalue weighted by atomic mass is 19.4. The van der Waals surface area contributed by atoms with Crippen LogP contribution in [0.25, 0.3) is 0 Å². The van der Waals surface area contributed by atoms with Crippen molar-refractivity contribution in [2.24, 2.45) is 0 Å². The number of alkyl halides is 7. The minimum absolute atomic E-state index is 0.236. The van der Waals surface area contributed by atoms with Gasteiger partial charge in [-0.05, 0) is 24.1 Å². The van der Waals surface area contributed by atoms with Crippen LogP contribution in [0.1, 0.15) is 5.56 Å². The summed E-state index contributed by atoms with van der Waals surface area (Å²) in [6.45, 7) is 0.874. The minimum atomic E-state index is -4.75. The number of hydrogen-bond donors (Lipinski definition) is 0. The number of ether oxygens (including phenoxy) is 1. The zero-order valence-corrected chi connectivity index (χ0v) is 13.8. The highest BCUT2D eigenvalue weighted by Crippen LogP contribution is 2.25. The molecule has 1 aliphatic heterocycles. The van der Waals surface area contributed by atoms with Crippen molar-refractivity contribution in [3.63, 3.8) is 0 Å². The third-order valence-corrected chi connectivity index (χ3v) is 4.07. The summed E-state index contributed by atoms with van der Waals surface area (Å²) in [5, 5.41) is 0. The molecule has 1 fully saturated rings. The molecule has 3 nitrogen and oxygen atoms in total. The largest absolute Gasteiger partial charge is 0.573 e. The topological polar surface area (TPSA) is 15.7 Å². The van der Waals surface area contributed by atoms with Gasteiger partial charge in [-0.1, -0.05) is 12.1 Å². The van der Waals surface area contributed by atoms with Crippen LogP contribution in [0.4, 0.5) is 30.7 Å². The summed E-state index contributed by atoms with van der Waals surface area (Å²) in [6, 6.07) is 5.63. The van der Waals surface area contributed by atoms with Crippen molar-refractivity contribution in [3.8, 4) is 5.75 Å². The van der Waals surface area contributed by atoms with Crippen molar-refractivity contribution in [3.05, 3.63) is 29.8 Å². The predicted molar refractivity (Wildman–Crippen MR) is 80.7 cm³/mol. The molecule has 0 atom stereocenters. The van der Waals surface area contributed by atoms with Crippen LogP contribution in [0.2, 0.25) is 0 Å². The fourth-order valence-corrected chi connectivity index (χ4v) is 2.72. The summed E-state index contributed by atoms with van der Waals surface area (Å²) < 4.78 is 91.1. The zero-order valence-electron chi connectivity index (χ0n) is 13.8. The molecule has 10 heteroatoms. The van der Waals surface area contributed by atoms with Crippen molar-refractivity contribution < 1.29 is 35.5 Å². The van der Waals surface area contributed by atoms with Crippen LogP contribution in [0.15, 0.2) is 24.3 Å². The Morgan fingerprint density at radius 2 is 1.58 bits per heavy atom. The maximum Gasteiger partial charge on any atom is 0.573 e. The molecular weight excluding hydrogens is 369 g/mol. The first kappa shape index (κ1) is 20.8. The van der Waals surface area contributed by atoms with Crippen molar-refractivity contribution >= 4 is 0 Å². The third-order valence-electron chi connectivity index (χ3n) is 4.07. The molecule has 0 spiro atoms. The van der Waals surface area contributed by atoms with Crippen LogP contribution >= 0.6 is 0 Å². The van der Waals surface area contributed by atoms with Gasteiger partial charge in [0, 0.05) is 32.7 Å². The second kappa shape index (κ2) is 8.43. The van der Waals surface area contributed by atoms with Gasteiger partial charge in [0.15, 0.2) is 0 Å². The lowest BCUT2D eigenvalue weighted by Gasteiger charge is -2.36. The highest BCUT2D eigenvalue weighted by molar-refractivity contribution is 5.28. The Labute approximate surface area is 146 Å². The van der Waals surface area contributed by atoms with E-state index in [0.29, 0.717) is 31.6 Å². The fourth-order valence-electron chi connectivity index (χ4n) is 2.72. The van der Waals surface area contributed by atoms with E-state index >= 15 is 0 Å². The Kier molecular flexibility index (Phi) is 6.73. The van der Waals surface area contributed by atoms with Crippen molar-refractivity contribution in [1.29, 1.82) is 0 Å². The lowest BCUT2D eigenvalue weighted by Crippen LogP contribution is -2.51. The van der Waals surface area contributed by atoms with Gasteiger partial charge in [0.25, 0.3) is 0 Å². The van der Waals surface area contributed by atoms with Crippen LogP contribution in [-0.2, 0) is 6.42 Å². The Bertz CT molecular complexity index is 572. The van der Waals surface area contributed by atoms with Crippen LogP contribution in [-0.4, -0.2) is 67.8 Å². The number of nitrogens with zero attached hydrogens (tertiary/aromatic N) is 2. The zero-order chi connectivity index (χ0) is 19.4. The average Bonchev–Trinajstić information content (AvgIpc) is 2.52. The maximum atomic E-state index is 13.1. The van der Waals surface area contributed by atoms with Crippen molar-refractivity contribution in [2.45, 2.75) is 25.1 Å². The number of benzene rings is 1. The summed E-state index contributed by atoms with van der Waals surface area (Å²) in [5.41, 5.74) is 0.651.